The van der Waals surface area contributed by atoms with E-state index < -0.39 is 11.5 Å². The summed E-state index contributed by atoms with van der Waals surface area (Å²) in [5, 5.41) is 2.76. The Morgan fingerprint density at radius 3 is 3.17 bits per heavy atom. The molecule has 0 amide bonds. The molecule has 1 aromatic heterocycles. The summed E-state index contributed by atoms with van der Waals surface area (Å²) in [6, 6.07) is 0. The topological polar surface area (TPSA) is 119 Å². The third-order valence-corrected chi connectivity index (χ3v) is 2.13. The standard InChI is InChI=1S/C10H12N4O4/c1-2-17-6(15)3-5-4-18-9-7(12-5)8(16)13-10(11)14-9/h3,12H,2,4H2,1H3,(H3,11,13,14,16)/b5-3-. The van der Waals surface area contributed by atoms with Gasteiger partial charge in [-0.2, -0.15) is 4.98 Å². The van der Waals surface area contributed by atoms with E-state index in [0.717, 1.165) is 0 Å². The zero-order valence-corrected chi connectivity index (χ0v) is 9.65. The first kappa shape index (κ1) is 12.0. The molecule has 2 rings (SSSR count). The average molecular weight is 252 g/mol. The Morgan fingerprint density at radius 2 is 2.44 bits per heavy atom. The number of aromatic nitrogens is 2. The van der Waals surface area contributed by atoms with E-state index in [9.17, 15) is 9.59 Å². The second-order valence-corrected chi connectivity index (χ2v) is 3.47. The van der Waals surface area contributed by atoms with Crippen LogP contribution in [0, 0.1) is 0 Å². The van der Waals surface area contributed by atoms with Crippen LogP contribution >= 0.6 is 0 Å². The van der Waals surface area contributed by atoms with Gasteiger partial charge in [-0.15, -0.1) is 0 Å². The van der Waals surface area contributed by atoms with Crippen molar-refractivity contribution in [2.75, 3.05) is 24.3 Å². The van der Waals surface area contributed by atoms with Crippen LogP contribution in [0.2, 0.25) is 0 Å². The van der Waals surface area contributed by atoms with E-state index in [2.05, 4.69) is 15.3 Å². The van der Waals surface area contributed by atoms with Gasteiger partial charge in [0.25, 0.3) is 5.56 Å². The predicted molar refractivity (Wildman–Crippen MR) is 63.1 cm³/mol. The second kappa shape index (κ2) is 4.78. The van der Waals surface area contributed by atoms with Crippen LogP contribution < -0.4 is 21.3 Å². The van der Waals surface area contributed by atoms with E-state index in [1.54, 1.807) is 6.92 Å². The molecule has 0 saturated carbocycles. The summed E-state index contributed by atoms with van der Waals surface area (Å²) in [5.41, 5.74) is 5.44. The number of H-pyrrole nitrogens is 1. The number of nitrogens with two attached hydrogens (primary N) is 1. The highest BCUT2D eigenvalue weighted by Gasteiger charge is 2.19. The molecule has 0 saturated heterocycles. The van der Waals surface area contributed by atoms with E-state index in [0.29, 0.717) is 5.70 Å². The number of fused-ring (bicyclic) bond motifs is 1. The molecule has 0 spiro atoms. The third-order valence-electron chi connectivity index (χ3n) is 2.13. The molecule has 2 heterocycles. The normalized spacial score (nSPS) is 15.5. The SMILES string of the molecule is CCOC(=O)/C=C1/COc2nc(N)[nH]c(=O)c2N1. The Labute approximate surface area is 102 Å². The first-order valence-corrected chi connectivity index (χ1v) is 5.27. The van der Waals surface area contributed by atoms with Gasteiger partial charge in [-0.3, -0.25) is 9.78 Å². The van der Waals surface area contributed by atoms with Crippen molar-refractivity contribution < 1.29 is 14.3 Å². The largest absolute Gasteiger partial charge is 0.470 e. The van der Waals surface area contributed by atoms with Gasteiger partial charge in [0.05, 0.1) is 12.3 Å². The molecule has 1 aliphatic heterocycles. The number of nitrogens with zero attached hydrogens (tertiary/aromatic N) is 1. The Hall–Kier alpha value is -2.51. The number of carbonyl (C=O) groups excluding carboxylic acids is 1. The lowest BCUT2D eigenvalue weighted by molar-refractivity contribution is -0.137. The number of aromatic amines is 1. The molecule has 4 N–H and O–H groups in total. The first-order chi connectivity index (χ1) is 8.60. The number of rotatable bonds is 2. The highest BCUT2D eigenvalue weighted by atomic mass is 16.5. The van der Waals surface area contributed by atoms with Crippen LogP contribution in [0.15, 0.2) is 16.6 Å². The molecule has 18 heavy (non-hydrogen) atoms. The molecule has 8 heteroatoms. The maximum atomic E-state index is 11.6. The zero-order chi connectivity index (χ0) is 13.1. The van der Waals surface area contributed by atoms with Crippen LogP contribution in [0.25, 0.3) is 0 Å². The van der Waals surface area contributed by atoms with Gasteiger partial charge < -0.3 is 20.5 Å². The van der Waals surface area contributed by atoms with E-state index in [-0.39, 0.29) is 30.7 Å². The molecular weight excluding hydrogens is 240 g/mol. The number of nitrogen functional groups attached to an aromatic ring is 1. The van der Waals surface area contributed by atoms with Crippen LogP contribution in [0.5, 0.6) is 5.88 Å². The minimum Gasteiger partial charge on any atom is -0.470 e. The van der Waals surface area contributed by atoms with Crippen molar-refractivity contribution in [3.8, 4) is 5.88 Å². The predicted octanol–water partition coefficient (Wildman–Crippen LogP) is -0.397. The van der Waals surface area contributed by atoms with Gasteiger partial charge in [-0.1, -0.05) is 0 Å². The Balaban J connectivity index is 2.25. The van der Waals surface area contributed by atoms with Gasteiger partial charge in [-0.25, -0.2) is 4.79 Å². The molecule has 0 aliphatic carbocycles. The second-order valence-electron chi connectivity index (χ2n) is 3.47. The van der Waals surface area contributed by atoms with Gasteiger partial charge in [0.1, 0.15) is 6.61 Å². The number of ether oxygens (including phenoxy) is 2. The molecule has 8 nitrogen and oxygen atoms in total. The van der Waals surface area contributed by atoms with Crippen LogP contribution in [-0.2, 0) is 9.53 Å². The minimum absolute atomic E-state index is 0.0293. The Kier molecular flexibility index (Phi) is 3.18. The molecule has 0 aromatic carbocycles. The molecular formula is C10H12N4O4. The fourth-order valence-corrected chi connectivity index (χ4v) is 1.43. The van der Waals surface area contributed by atoms with Crippen molar-refractivity contribution in [2.24, 2.45) is 0 Å². The summed E-state index contributed by atoms with van der Waals surface area (Å²) < 4.78 is 9.98. The third kappa shape index (κ3) is 2.42. The van der Waals surface area contributed by atoms with Gasteiger partial charge >= 0.3 is 5.97 Å². The van der Waals surface area contributed by atoms with Crippen LogP contribution in [-0.4, -0.2) is 29.2 Å². The fourth-order valence-electron chi connectivity index (χ4n) is 1.43. The average Bonchev–Trinajstić information content (AvgIpc) is 2.30. The quantitative estimate of drug-likeness (QED) is 0.484. The van der Waals surface area contributed by atoms with Crippen molar-refractivity contribution in [1.82, 2.24) is 9.97 Å². The Morgan fingerprint density at radius 1 is 1.67 bits per heavy atom. The zero-order valence-electron chi connectivity index (χ0n) is 9.65. The van der Waals surface area contributed by atoms with Crippen molar-refractivity contribution in [2.45, 2.75) is 6.92 Å². The highest BCUT2D eigenvalue weighted by molar-refractivity contribution is 5.84. The van der Waals surface area contributed by atoms with E-state index in [4.69, 9.17) is 15.2 Å². The summed E-state index contributed by atoms with van der Waals surface area (Å²) in [7, 11) is 0. The summed E-state index contributed by atoms with van der Waals surface area (Å²) in [6.45, 7) is 2.06. The lowest BCUT2D eigenvalue weighted by Gasteiger charge is -2.19. The number of carbonyl (C=O) groups is 1. The van der Waals surface area contributed by atoms with E-state index >= 15 is 0 Å². The number of hydrogen-bond acceptors (Lipinski definition) is 7. The van der Waals surface area contributed by atoms with Gasteiger partial charge in [0, 0.05) is 6.08 Å². The number of esters is 1. The molecule has 0 fully saturated rings. The molecule has 0 atom stereocenters. The monoisotopic (exact) mass is 252 g/mol. The number of hydrogen-bond donors (Lipinski definition) is 3. The summed E-state index contributed by atoms with van der Waals surface area (Å²) >= 11 is 0. The van der Waals surface area contributed by atoms with E-state index in [1.165, 1.54) is 6.08 Å². The lowest BCUT2D eigenvalue weighted by atomic mass is 10.3. The van der Waals surface area contributed by atoms with Gasteiger partial charge in [0.15, 0.2) is 5.69 Å². The highest BCUT2D eigenvalue weighted by Crippen LogP contribution is 2.23. The maximum Gasteiger partial charge on any atom is 0.332 e. The lowest BCUT2D eigenvalue weighted by Crippen LogP contribution is -2.26. The fraction of sp³-hybridized carbons (Fsp3) is 0.300. The van der Waals surface area contributed by atoms with Crippen LogP contribution in [0.3, 0.4) is 0 Å². The van der Waals surface area contributed by atoms with Crippen molar-refractivity contribution in [3.63, 3.8) is 0 Å². The maximum absolute atomic E-state index is 11.6. The molecule has 1 aromatic rings. The van der Waals surface area contributed by atoms with Crippen molar-refractivity contribution in [1.29, 1.82) is 0 Å². The molecule has 96 valence electrons. The summed E-state index contributed by atoms with van der Waals surface area (Å²) in [5.74, 6) is -0.428. The van der Waals surface area contributed by atoms with Crippen LogP contribution in [0.1, 0.15) is 6.92 Å². The van der Waals surface area contributed by atoms with Gasteiger partial charge in [0.2, 0.25) is 11.8 Å². The minimum atomic E-state index is -0.508. The molecule has 0 unspecified atom stereocenters. The Bertz CT molecular complexity index is 563. The van der Waals surface area contributed by atoms with Crippen LogP contribution in [0.4, 0.5) is 11.6 Å². The molecule has 0 bridgehead atoms. The number of nitrogens with one attached hydrogen (secondary N) is 2. The van der Waals surface area contributed by atoms with Gasteiger partial charge in [-0.05, 0) is 6.92 Å². The molecule has 1 aliphatic rings. The number of anilines is 2. The smallest absolute Gasteiger partial charge is 0.332 e. The van der Waals surface area contributed by atoms with E-state index in [1.807, 2.05) is 0 Å². The first-order valence-electron chi connectivity index (χ1n) is 5.27. The molecule has 0 radical (unpaired) electrons. The summed E-state index contributed by atoms with van der Waals surface area (Å²) in [4.78, 5) is 29.0. The summed E-state index contributed by atoms with van der Waals surface area (Å²) in [6.07, 6.45) is 1.22. The van der Waals surface area contributed by atoms with Crippen molar-refractivity contribution in [3.05, 3.63) is 22.1 Å². The van der Waals surface area contributed by atoms with Crippen molar-refractivity contribution >= 4 is 17.6 Å².